The van der Waals surface area contributed by atoms with Crippen molar-refractivity contribution in [1.29, 1.82) is 0 Å². The molecule has 55 heavy (non-hydrogen) atoms. The lowest BCUT2D eigenvalue weighted by Crippen LogP contribution is -2.46. The topological polar surface area (TPSA) is 95.9 Å². The molecule has 0 aliphatic carbocycles. The Hall–Kier alpha value is -2.44. The second kappa shape index (κ2) is 42.7. The smallest absolute Gasteiger partial charge is 0.306 e. The first-order valence-corrected chi connectivity index (χ1v) is 23.1. The van der Waals surface area contributed by atoms with E-state index in [1.54, 1.807) is 0 Å². The molecule has 0 aromatic rings. The first-order valence-electron chi connectivity index (χ1n) is 23.1. The van der Waals surface area contributed by atoms with Crippen molar-refractivity contribution in [1.82, 2.24) is 5.32 Å². The molecule has 0 spiro atoms. The summed E-state index contributed by atoms with van der Waals surface area (Å²) >= 11 is 0. The van der Waals surface area contributed by atoms with Crippen LogP contribution in [0.3, 0.4) is 0 Å². The number of carbonyl (C=O) groups excluding carboxylic acids is 2. The van der Waals surface area contributed by atoms with Gasteiger partial charge in [0.2, 0.25) is 5.91 Å². The lowest BCUT2D eigenvalue weighted by molar-refractivity contribution is -0.151. The summed E-state index contributed by atoms with van der Waals surface area (Å²) in [5, 5.41) is 23.6. The highest BCUT2D eigenvalue weighted by Gasteiger charge is 2.24. The Labute approximate surface area is 339 Å². The largest absolute Gasteiger partial charge is 0.462 e. The van der Waals surface area contributed by atoms with E-state index in [-0.39, 0.29) is 24.9 Å². The van der Waals surface area contributed by atoms with Crippen LogP contribution in [0.5, 0.6) is 0 Å². The molecular weight excluding hydrogens is 683 g/mol. The zero-order valence-corrected chi connectivity index (χ0v) is 36.0. The third kappa shape index (κ3) is 38.2. The van der Waals surface area contributed by atoms with Crippen molar-refractivity contribution in [3.05, 3.63) is 60.8 Å². The maximum atomic E-state index is 13.1. The highest BCUT2D eigenvalue weighted by Crippen LogP contribution is 2.17. The third-order valence-electron chi connectivity index (χ3n) is 10.2. The van der Waals surface area contributed by atoms with Crippen LogP contribution in [0, 0.1) is 0 Å². The van der Waals surface area contributed by atoms with Gasteiger partial charge >= 0.3 is 5.97 Å². The number of amides is 1. The van der Waals surface area contributed by atoms with E-state index in [9.17, 15) is 19.8 Å². The first-order chi connectivity index (χ1) is 27.0. The zero-order chi connectivity index (χ0) is 40.3. The van der Waals surface area contributed by atoms with Crippen LogP contribution >= 0.6 is 0 Å². The van der Waals surface area contributed by atoms with Crippen LogP contribution in [-0.2, 0) is 14.3 Å². The van der Waals surface area contributed by atoms with Crippen molar-refractivity contribution in [3.63, 3.8) is 0 Å². The summed E-state index contributed by atoms with van der Waals surface area (Å²) in [5.74, 6) is -0.550. The molecule has 318 valence electrons. The van der Waals surface area contributed by atoms with Gasteiger partial charge in [0.05, 0.1) is 25.2 Å². The van der Waals surface area contributed by atoms with Gasteiger partial charge in [0, 0.05) is 6.42 Å². The number of nitrogens with one attached hydrogen (secondary N) is 1. The Balaban J connectivity index is 4.66. The van der Waals surface area contributed by atoms with Gasteiger partial charge in [-0.1, -0.05) is 223 Å². The lowest BCUT2D eigenvalue weighted by Gasteiger charge is -2.24. The van der Waals surface area contributed by atoms with Crippen LogP contribution in [0.1, 0.15) is 213 Å². The summed E-state index contributed by atoms with van der Waals surface area (Å²) in [7, 11) is 0. The molecule has 6 nitrogen and oxygen atoms in total. The Morgan fingerprint density at radius 3 is 1.45 bits per heavy atom. The van der Waals surface area contributed by atoms with Crippen molar-refractivity contribution in [2.24, 2.45) is 0 Å². The van der Waals surface area contributed by atoms with E-state index in [1.165, 1.54) is 109 Å². The molecule has 0 heterocycles. The molecule has 0 fully saturated rings. The maximum absolute atomic E-state index is 13.1. The Morgan fingerprint density at radius 2 is 0.982 bits per heavy atom. The summed E-state index contributed by atoms with van der Waals surface area (Å²) in [5.41, 5.74) is 0. The molecule has 0 saturated heterocycles. The number of carbonyl (C=O) groups is 2. The zero-order valence-electron chi connectivity index (χ0n) is 36.0. The Bertz CT molecular complexity index is 999. The van der Waals surface area contributed by atoms with Gasteiger partial charge in [0.25, 0.3) is 0 Å². The molecule has 0 bridgehead atoms. The highest BCUT2D eigenvalue weighted by atomic mass is 16.5. The summed E-state index contributed by atoms with van der Waals surface area (Å²) in [6.45, 7) is 6.29. The number of allylic oxidation sites excluding steroid dienone is 10. The normalized spacial score (nSPS) is 13.9. The van der Waals surface area contributed by atoms with Gasteiger partial charge in [0.15, 0.2) is 0 Å². The van der Waals surface area contributed by atoms with E-state index in [2.05, 4.69) is 38.2 Å². The minimum Gasteiger partial charge on any atom is -0.462 e. The number of unbranched alkanes of at least 4 members (excludes halogenated alkanes) is 22. The summed E-state index contributed by atoms with van der Waals surface area (Å²) in [6, 6.07) is -0.722. The van der Waals surface area contributed by atoms with Crippen LogP contribution in [0.2, 0.25) is 0 Å². The molecule has 3 atom stereocenters. The van der Waals surface area contributed by atoms with E-state index in [0.29, 0.717) is 19.3 Å². The van der Waals surface area contributed by atoms with Gasteiger partial charge in [-0.2, -0.15) is 0 Å². The lowest BCUT2D eigenvalue weighted by atomic mass is 10.0. The van der Waals surface area contributed by atoms with Crippen LogP contribution in [0.4, 0.5) is 0 Å². The number of aliphatic hydroxyl groups is 2. The fourth-order valence-electron chi connectivity index (χ4n) is 6.75. The minimum absolute atomic E-state index is 0.0287. The average Bonchev–Trinajstić information content (AvgIpc) is 3.18. The molecule has 0 saturated carbocycles. The van der Waals surface area contributed by atoms with Crippen molar-refractivity contribution >= 4 is 11.9 Å². The molecule has 0 aliphatic rings. The van der Waals surface area contributed by atoms with E-state index >= 15 is 0 Å². The molecule has 0 aromatic heterocycles. The monoisotopic (exact) mass is 770 g/mol. The van der Waals surface area contributed by atoms with Crippen molar-refractivity contribution < 1.29 is 24.5 Å². The number of rotatable bonds is 40. The van der Waals surface area contributed by atoms with Crippen LogP contribution in [0.15, 0.2) is 60.8 Å². The Kier molecular flexibility index (Phi) is 40.8. The molecule has 0 rings (SSSR count). The molecule has 0 aliphatic heterocycles. The first kappa shape index (κ1) is 52.6. The van der Waals surface area contributed by atoms with Gasteiger partial charge in [-0.05, 0) is 38.5 Å². The molecule has 0 radical (unpaired) electrons. The molecule has 1 amide bonds. The number of ether oxygens (including phenoxy) is 1. The van der Waals surface area contributed by atoms with Crippen LogP contribution < -0.4 is 5.32 Å². The second-order valence-corrected chi connectivity index (χ2v) is 15.6. The molecule has 0 aromatic carbocycles. The molecular formula is C49H87NO5. The molecule has 3 N–H and O–H groups in total. The predicted molar refractivity (Wildman–Crippen MR) is 236 cm³/mol. The fraction of sp³-hybridized carbons (Fsp3) is 0.755. The van der Waals surface area contributed by atoms with E-state index in [0.717, 1.165) is 57.8 Å². The SMILES string of the molecule is CC/C=C/C=C/C=C\C=C/C=C/CCCC(CC(=O)NC(CO)C(O)CCCCCCCCCCCCCCCC)OC(=O)CCCCCCCCCCC. The van der Waals surface area contributed by atoms with Gasteiger partial charge in [-0.3, -0.25) is 9.59 Å². The van der Waals surface area contributed by atoms with Gasteiger partial charge in [-0.15, -0.1) is 0 Å². The van der Waals surface area contributed by atoms with Crippen molar-refractivity contribution in [3.8, 4) is 0 Å². The Morgan fingerprint density at radius 1 is 0.545 bits per heavy atom. The standard InChI is InChI=1S/C49H87NO5/c1-4-7-10-13-16-19-21-23-25-27-30-32-35-38-41-47(52)46(44-51)50-48(53)43-45(55-49(54)42-39-36-33-28-18-15-12-9-6-3)40-37-34-31-29-26-24-22-20-17-14-11-8-5-2/h8,11,14,17,20,22,24,26,29,31,45-47,51-52H,4-7,9-10,12-13,15-16,18-19,21,23,25,27-28,30,32-44H2,1-3H3,(H,50,53)/b11-8+,17-14+,22-20-,26-24-,31-29+. The van der Waals surface area contributed by atoms with Crippen LogP contribution in [0.25, 0.3) is 0 Å². The number of hydrogen-bond donors (Lipinski definition) is 3. The number of aliphatic hydroxyl groups excluding tert-OH is 2. The minimum atomic E-state index is -0.805. The fourth-order valence-corrected chi connectivity index (χ4v) is 6.75. The quantitative estimate of drug-likeness (QED) is 0.0328. The predicted octanol–water partition coefficient (Wildman–Crippen LogP) is 13.3. The highest BCUT2D eigenvalue weighted by molar-refractivity contribution is 5.77. The van der Waals surface area contributed by atoms with Gasteiger partial charge < -0.3 is 20.3 Å². The second-order valence-electron chi connectivity index (χ2n) is 15.6. The average molecular weight is 770 g/mol. The van der Waals surface area contributed by atoms with Crippen molar-refractivity contribution in [2.75, 3.05) is 6.61 Å². The van der Waals surface area contributed by atoms with E-state index < -0.39 is 18.2 Å². The number of hydrogen-bond acceptors (Lipinski definition) is 5. The van der Waals surface area contributed by atoms with Gasteiger partial charge in [-0.25, -0.2) is 0 Å². The summed E-state index contributed by atoms with van der Waals surface area (Å²) in [6.07, 6.45) is 51.4. The van der Waals surface area contributed by atoms with E-state index in [1.807, 2.05) is 48.6 Å². The molecule has 3 unspecified atom stereocenters. The molecule has 6 heteroatoms. The summed E-state index contributed by atoms with van der Waals surface area (Å²) in [4.78, 5) is 25.9. The summed E-state index contributed by atoms with van der Waals surface area (Å²) < 4.78 is 5.85. The van der Waals surface area contributed by atoms with Crippen molar-refractivity contribution in [2.45, 2.75) is 232 Å². The maximum Gasteiger partial charge on any atom is 0.306 e. The number of esters is 1. The van der Waals surface area contributed by atoms with E-state index in [4.69, 9.17) is 4.74 Å². The van der Waals surface area contributed by atoms with Crippen LogP contribution in [-0.4, -0.2) is 46.9 Å². The third-order valence-corrected chi connectivity index (χ3v) is 10.2. The van der Waals surface area contributed by atoms with Gasteiger partial charge in [0.1, 0.15) is 6.10 Å².